The Morgan fingerprint density at radius 3 is 2.82 bits per heavy atom. The summed E-state index contributed by atoms with van der Waals surface area (Å²) in [5.74, 6) is 0.490. The maximum Gasteiger partial charge on any atom is 0.238 e. The standard InChI is InChI=1S/C7H12N2O2/c1-3-6-5(4-10)7(11-2)9-8-6/h10H,3-4H2,1-2H3,(H,8,9). The summed E-state index contributed by atoms with van der Waals surface area (Å²) in [5, 5.41) is 15.6. The van der Waals surface area contributed by atoms with E-state index in [9.17, 15) is 0 Å². The molecule has 0 atom stereocenters. The smallest absolute Gasteiger partial charge is 0.238 e. The lowest BCUT2D eigenvalue weighted by atomic mass is 10.2. The van der Waals surface area contributed by atoms with Gasteiger partial charge in [0.15, 0.2) is 0 Å². The molecule has 0 aromatic carbocycles. The first-order valence-electron chi connectivity index (χ1n) is 3.54. The van der Waals surface area contributed by atoms with Crippen LogP contribution in [0.1, 0.15) is 18.2 Å². The van der Waals surface area contributed by atoms with Crippen molar-refractivity contribution in [1.82, 2.24) is 10.2 Å². The van der Waals surface area contributed by atoms with Crippen LogP contribution in [-0.2, 0) is 13.0 Å². The minimum atomic E-state index is -0.0250. The first kappa shape index (κ1) is 8.07. The Bertz CT molecular complexity index is 211. The Hall–Kier alpha value is -1.03. The number of aromatic nitrogens is 2. The number of aryl methyl sites for hydroxylation is 1. The van der Waals surface area contributed by atoms with E-state index in [1.165, 1.54) is 7.11 Å². The van der Waals surface area contributed by atoms with Gasteiger partial charge in [0.2, 0.25) is 5.88 Å². The van der Waals surface area contributed by atoms with Gasteiger partial charge in [0.25, 0.3) is 0 Å². The monoisotopic (exact) mass is 156 g/mol. The summed E-state index contributed by atoms with van der Waals surface area (Å²) in [7, 11) is 1.54. The van der Waals surface area contributed by atoms with E-state index in [0.29, 0.717) is 5.88 Å². The van der Waals surface area contributed by atoms with E-state index in [1.54, 1.807) is 0 Å². The molecule has 0 aliphatic heterocycles. The fourth-order valence-corrected chi connectivity index (χ4v) is 1.01. The highest BCUT2D eigenvalue weighted by atomic mass is 16.5. The largest absolute Gasteiger partial charge is 0.480 e. The number of nitrogens with one attached hydrogen (secondary N) is 1. The van der Waals surface area contributed by atoms with E-state index < -0.39 is 0 Å². The minimum Gasteiger partial charge on any atom is -0.480 e. The van der Waals surface area contributed by atoms with Gasteiger partial charge in [-0.25, -0.2) is 0 Å². The van der Waals surface area contributed by atoms with Gasteiger partial charge in [0.05, 0.1) is 19.3 Å². The van der Waals surface area contributed by atoms with Crippen molar-refractivity contribution in [2.75, 3.05) is 7.11 Å². The third-order valence-corrected chi connectivity index (χ3v) is 1.62. The average Bonchev–Trinajstić information content (AvgIpc) is 2.45. The van der Waals surface area contributed by atoms with Crippen LogP contribution in [-0.4, -0.2) is 22.4 Å². The molecule has 0 saturated heterocycles. The summed E-state index contributed by atoms with van der Waals surface area (Å²) in [4.78, 5) is 0. The number of aliphatic hydroxyl groups excluding tert-OH is 1. The molecule has 1 rings (SSSR count). The van der Waals surface area contributed by atoms with E-state index in [-0.39, 0.29) is 6.61 Å². The summed E-state index contributed by atoms with van der Waals surface area (Å²) >= 11 is 0. The lowest BCUT2D eigenvalue weighted by Crippen LogP contribution is -1.91. The van der Waals surface area contributed by atoms with E-state index in [4.69, 9.17) is 9.84 Å². The van der Waals surface area contributed by atoms with Crippen LogP contribution in [0.5, 0.6) is 5.88 Å². The van der Waals surface area contributed by atoms with Crippen LogP contribution in [0.15, 0.2) is 0 Å². The number of rotatable bonds is 3. The Morgan fingerprint density at radius 1 is 1.64 bits per heavy atom. The summed E-state index contributed by atoms with van der Waals surface area (Å²) in [6.45, 7) is 1.97. The average molecular weight is 156 g/mol. The van der Waals surface area contributed by atoms with Crippen LogP contribution in [0.25, 0.3) is 0 Å². The first-order valence-corrected chi connectivity index (χ1v) is 3.54. The van der Waals surface area contributed by atoms with Gasteiger partial charge in [-0.15, -0.1) is 5.10 Å². The van der Waals surface area contributed by atoms with Crippen LogP contribution >= 0.6 is 0 Å². The van der Waals surface area contributed by atoms with Crippen LogP contribution in [0.2, 0.25) is 0 Å². The predicted octanol–water partition coefficient (Wildman–Crippen LogP) is 0.473. The van der Waals surface area contributed by atoms with Crippen molar-refractivity contribution in [3.8, 4) is 5.88 Å². The summed E-state index contributed by atoms with van der Waals surface area (Å²) in [5.41, 5.74) is 1.69. The Kier molecular flexibility index (Phi) is 2.48. The molecule has 1 heterocycles. The van der Waals surface area contributed by atoms with E-state index >= 15 is 0 Å². The minimum absolute atomic E-state index is 0.0250. The number of methoxy groups -OCH3 is 1. The normalized spacial score (nSPS) is 10.1. The summed E-state index contributed by atoms with van der Waals surface area (Å²) in [6.07, 6.45) is 0.826. The molecule has 0 unspecified atom stereocenters. The number of hydrogen-bond donors (Lipinski definition) is 2. The van der Waals surface area contributed by atoms with Gasteiger partial charge >= 0.3 is 0 Å². The molecule has 62 valence electrons. The lowest BCUT2D eigenvalue weighted by molar-refractivity contribution is 0.272. The molecule has 0 saturated carbocycles. The molecule has 0 bridgehead atoms. The molecule has 0 spiro atoms. The molecule has 4 heteroatoms. The molecular weight excluding hydrogens is 144 g/mol. The molecular formula is C7H12N2O2. The van der Waals surface area contributed by atoms with Crippen LogP contribution in [0.3, 0.4) is 0 Å². The highest BCUT2D eigenvalue weighted by Gasteiger charge is 2.09. The van der Waals surface area contributed by atoms with Crippen LogP contribution < -0.4 is 4.74 Å². The molecule has 11 heavy (non-hydrogen) atoms. The van der Waals surface area contributed by atoms with E-state index in [1.807, 2.05) is 6.92 Å². The highest BCUT2D eigenvalue weighted by molar-refractivity contribution is 5.29. The predicted molar refractivity (Wildman–Crippen MR) is 40.4 cm³/mol. The Labute approximate surface area is 65.2 Å². The van der Waals surface area contributed by atoms with Crippen molar-refractivity contribution in [3.05, 3.63) is 11.3 Å². The molecule has 0 fully saturated rings. The Balaban J connectivity index is 2.99. The molecule has 1 aromatic heterocycles. The van der Waals surface area contributed by atoms with E-state index in [0.717, 1.165) is 17.7 Å². The molecule has 0 aliphatic carbocycles. The molecule has 0 aliphatic rings. The van der Waals surface area contributed by atoms with Gasteiger partial charge in [0, 0.05) is 5.69 Å². The molecule has 2 N–H and O–H groups in total. The first-order chi connectivity index (χ1) is 5.33. The fraction of sp³-hybridized carbons (Fsp3) is 0.571. The summed E-state index contributed by atoms with van der Waals surface area (Å²) < 4.78 is 4.92. The molecule has 0 radical (unpaired) electrons. The van der Waals surface area contributed by atoms with Crippen molar-refractivity contribution in [2.45, 2.75) is 20.0 Å². The second-order valence-corrected chi connectivity index (χ2v) is 2.20. The van der Waals surface area contributed by atoms with Gasteiger partial charge < -0.3 is 9.84 Å². The van der Waals surface area contributed by atoms with Crippen molar-refractivity contribution in [1.29, 1.82) is 0 Å². The SMILES string of the molecule is CCc1[nH]nc(OC)c1CO. The number of hydrogen-bond acceptors (Lipinski definition) is 3. The number of aliphatic hydroxyl groups is 1. The zero-order chi connectivity index (χ0) is 8.27. The summed E-state index contributed by atoms with van der Waals surface area (Å²) in [6, 6.07) is 0. The number of ether oxygens (including phenoxy) is 1. The quantitative estimate of drug-likeness (QED) is 0.669. The van der Waals surface area contributed by atoms with Gasteiger partial charge in [-0.1, -0.05) is 6.92 Å². The number of nitrogens with zero attached hydrogens (tertiary/aromatic N) is 1. The van der Waals surface area contributed by atoms with Gasteiger partial charge in [-0.2, -0.15) is 0 Å². The van der Waals surface area contributed by atoms with Crippen LogP contribution in [0.4, 0.5) is 0 Å². The fourth-order valence-electron chi connectivity index (χ4n) is 1.01. The highest BCUT2D eigenvalue weighted by Crippen LogP contribution is 2.18. The third-order valence-electron chi connectivity index (χ3n) is 1.62. The van der Waals surface area contributed by atoms with Crippen molar-refractivity contribution in [2.24, 2.45) is 0 Å². The number of aromatic amines is 1. The van der Waals surface area contributed by atoms with Crippen molar-refractivity contribution < 1.29 is 9.84 Å². The van der Waals surface area contributed by atoms with Crippen molar-refractivity contribution >= 4 is 0 Å². The lowest BCUT2D eigenvalue weighted by Gasteiger charge is -1.97. The topological polar surface area (TPSA) is 58.1 Å². The van der Waals surface area contributed by atoms with Crippen molar-refractivity contribution in [3.63, 3.8) is 0 Å². The number of H-pyrrole nitrogens is 1. The zero-order valence-electron chi connectivity index (χ0n) is 6.72. The third kappa shape index (κ3) is 1.35. The zero-order valence-corrected chi connectivity index (χ0v) is 6.72. The maximum absolute atomic E-state index is 8.91. The Morgan fingerprint density at radius 2 is 2.36 bits per heavy atom. The second kappa shape index (κ2) is 3.39. The van der Waals surface area contributed by atoms with Gasteiger partial charge in [0.1, 0.15) is 0 Å². The van der Waals surface area contributed by atoms with Crippen LogP contribution in [0, 0.1) is 0 Å². The molecule has 0 amide bonds. The maximum atomic E-state index is 8.91. The van der Waals surface area contributed by atoms with Gasteiger partial charge in [-0.3, -0.25) is 5.10 Å². The van der Waals surface area contributed by atoms with E-state index in [2.05, 4.69) is 10.2 Å². The van der Waals surface area contributed by atoms with Gasteiger partial charge in [-0.05, 0) is 6.42 Å². The molecule has 1 aromatic rings. The molecule has 4 nitrogen and oxygen atoms in total. The second-order valence-electron chi connectivity index (χ2n) is 2.20.